The first-order valence-electron chi connectivity index (χ1n) is 12.4. The van der Waals surface area contributed by atoms with Crippen molar-refractivity contribution in [3.63, 3.8) is 0 Å². The van der Waals surface area contributed by atoms with Gasteiger partial charge in [0.2, 0.25) is 11.7 Å². The second kappa shape index (κ2) is 9.93. The molecule has 2 aromatic heterocycles. The first kappa shape index (κ1) is 26.3. The summed E-state index contributed by atoms with van der Waals surface area (Å²) >= 11 is 6.13. The highest BCUT2D eigenvalue weighted by molar-refractivity contribution is 6.31. The summed E-state index contributed by atoms with van der Waals surface area (Å²) < 4.78 is 35.9. The van der Waals surface area contributed by atoms with Gasteiger partial charge in [0, 0.05) is 34.1 Å². The van der Waals surface area contributed by atoms with Crippen LogP contribution >= 0.6 is 11.6 Å². The van der Waals surface area contributed by atoms with Gasteiger partial charge < -0.3 is 15.8 Å². The topological polar surface area (TPSA) is 133 Å². The zero-order chi connectivity index (χ0) is 29.0. The lowest BCUT2D eigenvalue weighted by Crippen LogP contribution is -2.32. The quantitative estimate of drug-likeness (QED) is 0.206. The highest BCUT2D eigenvalue weighted by Crippen LogP contribution is 2.44. The summed E-state index contributed by atoms with van der Waals surface area (Å²) in [5, 5.41) is 2.65. The lowest BCUT2D eigenvalue weighted by Gasteiger charge is -2.24. The molecule has 0 saturated heterocycles. The number of Topliss-reactive ketones (excluding diaryl/α,β-unsaturated/α-hetero) is 1. The molecule has 0 fully saturated rings. The Kier molecular flexibility index (Phi) is 6.38. The first-order chi connectivity index (χ1) is 19.7. The molecule has 1 atom stereocenters. The smallest absolute Gasteiger partial charge is 0.329 e. The van der Waals surface area contributed by atoms with Crippen LogP contribution in [0.15, 0.2) is 59.4 Å². The zero-order valence-corrected chi connectivity index (χ0v) is 21.8. The minimum Gasteiger partial charge on any atom is -0.456 e. The van der Waals surface area contributed by atoms with Gasteiger partial charge in [0.25, 0.3) is 11.5 Å². The van der Waals surface area contributed by atoms with E-state index < -0.39 is 53.2 Å². The molecule has 1 amide bonds. The fraction of sp³-hybridized carbons (Fsp3) is 0.138. The highest BCUT2D eigenvalue weighted by atomic mass is 35.5. The molecule has 206 valence electrons. The van der Waals surface area contributed by atoms with Crippen LogP contribution in [0.3, 0.4) is 0 Å². The van der Waals surface area contributed by atoms with Crippen molar-refractivity contribution < 1.29 is 27.9 Å². The lowest BCUT2D eigenvalue weighted by molar-refractivity contribution is -0.146. The van der Waals surface area contributed by atoms with Crippen molar-refractivity contribution in [1.29, 1.82) is 0 Å². The number of ketones is 1. The summed E-state index contributed by atoms with van der Waals surface area (Å²) in [6.07, 6.45) is 0.181. The summed E-state index contributed by atoms with van der Waals surface area (Å²) in [7, 11) is 0. The molecule has 2 aromatic carbocycles. The molecular weight excluding hydrogens is 558 g/mol. The molecule has 41 heavy (non-hydrogen) atoms. The van der Waals surface area contributed by atoms with Crippen molar-refractivity contribution in [1.82, 2.24) is 9.55 Å². The molecule has 4 heterocycles. The van der Waals surface area contributed by atoms with Crippen LogP contribution in [0.5, 0.6) is 0 Å². The van der Waals surface area contributed by atoms with Gasteiger partial charge in [-0.15, -0.1) is 0 Å². The maximum Gasteiger partial charge on any atom is 0.329 e. The number of amides is 1. The van der Waals surface area contributed by atoms with Gasteiger partial charge in [0.05, 0.1) is 16.1 Å². The predicted octanol–water partition coefficient (Wildman–Crippen LogP) is 4.57. The normalized spacial score (nSPS) is 15.0. The number of hydrogen-bond donors (Lipinski definition) is 2. The van der Waals surface area contributed by atoms with E-state index in [1.165, 1.54) is 12.1 Å². The predicted molar refractivity (Wildman–Crippen MR) is 146 cm³/mol. The number of ether oxygens (including phenoxy) is 1. The summed E-state index contributed by atoms with van der Waals surface area (Å²) in [6.45, 7) is -0.804. The summed E-state index contributed by atoms with van der Waals surface area (Å²) in [5.41, 5.74) is 5.95. The largest absolute Gasteiger partial charge is 0.456 e. The van der Waals surface area contributed by atoms with Gasteiger partial charge in [0.15, 0.2) is 6.61 Å². The van der Waals surface area contributed by atoms with Gasteiger partial charge >= 0.3 is 5.97 Å². The number of nitrogen functional groups attached to an aromatic ring is 1. The number of aromatic nitrogens is 2. The highest BCUT2D eigenvalue weighted by Gasteiger charge is 2.37. The third kappa shape index (κ3) is 4.34. The molecule has 12 heteroatoms. The van der Waals surface area contributed by atoms with E-state index in [4.69, 9.17) is 22.1 Å². The number of anilines is 2. The Labute approximate surface area is 235 Å². The molecule has 0 radical (unpaired) electrons. The maximum atomic E-state index is 15.6. The van der Waals surface area contributed by atoms with E-state index >= 15 is 4.39 Å². The molecule has 0 spiro atoms. The standard InChI is InChI=1S/C29H19ClF2N4O5/c30-17-7-5-14-13-3-1-2-4-18(13)34-28(39)25-16(24(14)26(17)31)11-23(38)36-19(25)8-9-20(36)29(40)41-12-21(37)15-6-10-22(33)35-27(15)32/h1-7,10-11,20H,8-9,12H2,(H2,33,35)(H,34,39). The van der Waals surface area contributed by atoms with Crippen LogP contribution in [0.2, 0.25) is 5.02 Å². The van der Waals surface area contributed by atoms with Crippen LogP contribution in [-0.4, -0.2) is 33.8 Å². The van der Waals surface area contributed by atoms with Crippen molar-refractivity contribution in [3.8, 4) is 22.3 Å². The van der Waals surface area contributed by atoms with E-state index in [1.54, 1.807) is 30.3 Å². The average molecular weight is 577 g/mol. The number of nitrogens with zero attached hydrogens (tertiary/aromatic N) is 2. The molecule has 2 aliphatic rings. The Bertz CT molecular complexity index is 1870. The number of benzene rings is 2. The van der Waals surface area contributed by atoms with Crippen LogP contribution in [0.4, 0.5) is 20.3 Å². The number of carbonyl (C=O) groups is 3. The van der Waals surface area contributed by atoms with Gasteiger partial charge in [-0.1, -0.05) is 35.9 Å². The first-order valence-corrected chi connectivity index (χ1v) is 12.8. The van der Waals surface area contributed by atoms with Gasteiger partial charge in [-0.05, 0) is 42.7 Å². The molecule has 3 N–H and O–H groups in total. The number of hydrogen-bond acceptors (Lipinski definition) is 7. The molecule has 0 saturated carbocycles. The Balaban J connectivity index is 1.41. The van der Waals surface area contributed by atoms with Gasteiger partial charge in [-0.25, -0.2) is 14.2 Å². The van der Waals surface area contributed by atoms with E-state index in [0.29, 0.717) is 16.8 Å². The number of nitrogens with one attached hydrogen (secondary N) is 1. The van der Waals surface area contributed by atoms with E-state index in [9.17, 15) is 23.6 Å². The maximum absolute atomic E-state index is 15.6. The van der Waals surface area contributed by atoms with Crippen molar-refractivity contribution in [3.05, 3.63) is 98.6 Å². The van der Waals surface area contributed by atoms with Gasteiger partial charge in [-0.2, -0.15) is 4.39 Å². The van der Waals surface area contributed by atoms with E-state index in [1.807, 2.05) is 0 Å². The van der Waals surface area contributed by atoms with Crippen LogP contribution in [-0.2, 0) is 16.0 Å². The number of rotatable bonds is 4. The minimum atomic E-state index is -1.17. The van der Waals surface area contributed by atoms with Crippen molar-refractivity contribution in [2.24, 2.45) is 0 Å². The molecule has 4 aromatic rings. The fourth-order valence-corrected chi connectivity index (χ4v) is 5.51. The summed E-state index contributed by atoms with van der Waals surface area (Å²) in [4.78, 5) is 55.9. The van der Waals surface area contributed by atoms with Crippen molar-refractivity contribution in [2.45, 2.75) is 18.9 Å². The number of pyridine rings is 2. The molecule has 0 aliphatic carbocycles. The Morgan fingerprint density at radius 3 is 2.61 bits per heavy atom. The zero-order valence-electron chi connectivity index (χ0n) is 21.0. The van der Waals surface area contributed by atoms with Crippen LogP contribution in [0.25, 0.3) is 22.3 Å². The van der Waals surface area contributed by atoms with Crippen LogP contribution < -0.4 is 16.6 Å². The van der Waals surface area contributed by atoms with Crippen LogP contribution in [0.1, 0.15) is 38.9 Å². The second-order valence-corrected chi connectivity index (χ2v) is 9.94. The van der Waals surface area contributed by atoms with Crippen molar-refractivity contribution >= 4 is 40.8 Å². The monoisotopic (exact) mass is 576 g/mol. The SMILES string of the molecule is Nc1ccc(C(=O)COC(=O)C2CCc3c4c(cc(=O)n32)-c2c(ccc(Cl)c2F)-c2ccccc2NC4=O)c(F)n1. The second-order valence-electron chi connectivity index (χ2n) is 9.53. The molecular formula is C29H19ClF2N4O5. The molecule has 9 nitrogen and oxygen atoms in total. The lowest BCUT2D eigenvalue weighted by atomic mass is 9.88. The number of halogens is 3. The Hall–Kier alpha value is -4.90. The summed E-state index contributed by atoms with van der Waals surface area (Å²) in [6, 6.07) is 12.1. The number of esters is 1. The Morgan fingerprint density at radius 2 is 1.83 bits per heavy atom. The number of carbonyl (C=O) groups excluding carboxylic acids is 3. The molecule has 2 aliphatic heterocycles. The third-order valence-electron chi connectivity index (χ3n) is 7.17. The fourth-order valence-electron chi connectivity index (χ4n) is 5.35. The molecule has 6 rings (SSSR count). The molecule has 0 bridgehead atoms. The van der Waals surface area contributed by atoms with Crippen LogP contribution in [0, 0.1) is 11.8 Å². The Morgan fingerprint density at radius 1 is 1.05 bits per heavy atom. The average Bonchev–Trinajstić information content (AvgIpc) is 3.38. The van der Waals surface area contributed by atoms with E-state index in [-0.39, 0.29) is 46.1 Å². The number of para-hydroxylation sites is 1. The molecule has 1 unspecified atom stereocenters. The van der Waals surface area contributed by atoms with Gasteiger partial charge in [-0.3, -0.25) is 19.0 Å². The minimum absolute atomic E-state index is 0.00828. The van der Waals surface area contributed by atoms with Gasteiger partial charge in [0.1, 0.15) is 17.7 Å². The van der Waals surface area contributed by atoms with E-state index in [0.717, 1.165) is 16.7 Å². The number of fused-ring (bicyclic) bond motifs is 7. The van der Waals surface area contributed by atoms with Crippen molar-refractivity contribution in [2.75, 3.05) is 17.7 Å². The van der Waals surface area contributed by atoms with E-state index in [2.05, 4.69) is 10.3 Å². The third-order valence-corrected chi connectivity index (χ3v) is 7.46. The summed E-state index contributed by atoms with van der Waals surface area (Å²) in [5.74, 6) is -4.39. The number of nitrogens with two attached hydrogens (primary N) is 1.